The summed E-state index contributed by atoms with van der Waals surface area (Å²) in [6, 6.07) is 5.27. The Kier molecular flexibility index (Phi) is 4.17. The molecule has 2 aliphatic heterocycles. The quantitative estimate of drug-likeness (QED) is 0.796. The van der Waals surface area contributed by atoms with Crippen molar-refractivity contribution in [3.8, 4) is 0 Å². The summed E-state index contributed by atoms with van der Waals surface area (Å²) in [4.78, 5) is 15.2. The molecule has 28 heavy (non-hydrogen) atoms. The Morgan fingerprint density at radius 2 is 1.96 bits per heavy atom. The summed E-state index contributed by atoms with van der Waals surface area (Å²) in [6.07, 6.45) is 4.00. The second-order valence-corrected chi connectivity index (χ2v) is 10.6. The van der Waals surface area contributed by atoms with Crippen LogP contribution in [0.2, 0.25) is 0 Å². The van der Waals surface area contributed by atoms with Gasteiger partial charge in [-0.05, 0) is 72.4 Å². The third-order valence-corrected chi connectivity index (χ3v) is 8.49. The van der Waals surface area contributed by atoms with E-state index in [1.165, 1.54) is 0 Å². The first kappa shape index (κ1) is 18.3. The van der Waals surface area contributed by atoms with Crippen molar-refractivity contribution in [1.82, 2.24) is 4.72 Å². The van der Waals surface area contributed by atoms with Gasteiger partial charge in [0.1, 0.15) is 5.60 Å². The normalized spacial score (nSPS) is 23.6. The SMILES string of the molecule is O=C1CCc2cc(S(=O)(=O)NCC3(O)CCCc4sccc43)cc3c2N1CC3. The molecule has 0 saturated heterocycles. The average Bonchev–Trinajstić information content (AvgIpc) is 3.32. The highest BCUT2D eigenvalue weighted by Crippen LogP contribution is 2.40. The van der Waals surface area contributed by atoms with Crippen LogP contribution in [-0.2, 0) is 39.7 Å². The van der Waals surface area contributed by atoms with E-state index < -0.39 is 15.6 Å². The molecule has 0 spiro atoms. The number of nitrogens with zero attached hydrogens (tertiary/aromatic N) is 1. The number of sulfonamides is 1. The van der Waals surface area contributed by atoms with Crippen LogP contribution in [0.15, 0.2) is 28.5 Å². The van der Waals surface area contributed by atoms with Crippen molar-refractivity contribution in [2.24, 2.45) is 0 Å². The number of aliphatic hydroxyl groups is 1. The summed E-state index contributed by atoms with van der Waals surface area (Å²) in [6.45, 7) is 0.592. The van der Waals surface area contributed by atoms with Crippen molar-refractivity contribution in [2.75, 3.05) is 18.0 Å². The number of carbonyl (C=O) groups excluding carboxylic acids is 1. The number of anilines is 1. The minimum Gasteiger partial charge on any atom is -0.384 e. The smallest absolute Gasteiger partial charge is 0.240 e. The van der Waals surface area contributed by atoms with Crippen molar-refractivity contribution >= 4 is 33.0 Å². The molecule has 3 heterocycles. The molecule has 0 bridgehead atoms. The molecule has 1 aromatic heterocycles. The summed E-state index contributed by atoms with van der Waals surface area (Å²) >= 11 is 1.61. The van der Waals surface area contributed by atoms with E-state index in [-0.39, 0.29) is 17.3 Å². The lowest BCUT2D eigenvalue weighted by atomic mass is 9.83. The molecule has 1 aliphatic carbocycles. The number of hydrogen-bond acceptors (Lipinski definition) is 5. The average molecular weight is 419 g/mol. The Bertz CT molecular complexity index is 1080. The molecule has 148 valence electrons. The minimum absolute atomic E-state index is 0.0317. The van der Waals surface area contributed by atoms with E-state index >= 15 is 0 Å². The van der Waals surface area contributed by atoms with Crippen LogP contribution in [0.4, 0.5) is 5.69 Å². The van der Waals surface area contributed by atoms with Crippen molar-refractivity contribution in [3.63, 3.8) is 0 Å². The largest absolute Gasteiger partial charge is 0.384 e. The van der Waals surface area contributed by atoms with Gasteiger partial charge in [-0.15, -0.1) is 11.3 Å². The van der Waals surface area contributed by atoms with E-state index in [9.17, 15) is 18.3 Å². The van der Waals surface area contributed by atoms with Crippen LogP contribution in [-0.4, -0.2) is 32.5 Å². The van der Waals surface area contributed by atoms with Gasteiger partial charge in [0.05, 0.1) is 10.6 Å². The highest BCUT2D eigenvalue weighted by molar-refractivity contribution is 7.89. The molecular weight excluding hydrogens is 396 g/mol. The molecule has 8 heteroatoms. The number of hydrogen-bond donors (Lipinski definition) is 2. The number of aryl methyl sites for hydroxylation is 2. The Morgan fingerprint density at radius 3 is 2.79 bits per heavy atom. The lowest BCUT2D eigenvalue weighted by Crippen LogP contribution is -2.42. The molecule has 2 N–H and O–H groups in total. The van der Waals surface area contributed by atoms with E-state index in [0.29, 0.717) is 32.2 Å². The molecule has 0 saturated carbocycles. The molecule has 0 fully saturated rings. The fourth-order valence-corrected chi connectivity index (χ4v) is 6.89. The van der Waals surface area contributed by atoms with Gasteiger partial charge < -0.3 is 10.0 Å². The number of rotatable bonds is 4. The van der Waals surface area contributed by atoms with E-state index in [0.717, 1.165) is 40.1 Å². The van der Waals surface area contributed by atoms with E-state index in [4.69, 9.17) is 0 Å². The first-order valence-electron chi connectivity index (χ1n) is 9.62. The monoisotopic (exact) mass is 418 g/mol. The Labute approximate surface area is 168 Å². The molecule has 3 aliphatic rings. The van der Waals surface area contributed by atoms with Gasteiger partial charge in [0, 0.05) is 24.4 Å². The van der Waals surface area contributed by atoms with Crippen molar-refractivity contribution in [1.29, 1.82) is 0 Å². The van der Waals surface area contributed by atoms with Gasteiger partial charge in [0.25, 0.3) is 0 Å². The standard InChI is InChI=1S/C20H22N2O4S2/c23-18-4-3-13-10-15(11-14-5-8-22(18)19(13)14)28(25,26)21-12-20(24)7-1-2-17-16(20)6-9-27-17/h6,9-11,21,24H,1-5,7-8,12H2. The summed E-state index contributed by atoms with van der Waals surface area (Å²) < 4.78 is 28.6. The number of carbonyl (C=O) groups is 1. The van der Waals surface area contributed by atoms with Gasteiger partial charge in [-0.25, -0.2) is 13.1 Å². The van der Waals surface area contributed by atoms with Gasteiger partial charge in [0.15, 0.2) is 0 Å². The summed E-state index contributed by atoms with van der Waals surface area (Å²) in [7, 11) is -3.75. The highest BCUT2D eigenvalue weighted by Gasteiger charge is 2.37. The third kappa shape index (κ3) is 2.82. The Balaban J connectivity index is 1.43. The summed E-state index contributed by atoms with van der Waals surface area (Å²) in [5, 5.41) is 13.0. The van der Waals surface area contributed by atoms with Gasteiger partial charge >= 0.3 is 0 Å². The van der Waals surface area contributed by atoms with Crippen LogP contribution < -0.4 is 9.62 Å². The molecule has 0 radical (unpaired) electrons. The topological polar surface area (TPSA) is 86.7 Å². The second kappa shape index (κ2) is 6.38. The lowest BCUT2D eigenvalue weighted by Gasteiger charge is -2.32. The van der Waals surface area contributed by atoms with Gasteiger partial charge in [-0.3, -0.25) is 4.79 Å². The molecule has 6 nitrogen and oxygen atoms in total. The number of nitrogens with one attached hydrogen (secondary N) is 1. The third-order valence-electron chi connectivity index (χ3n) is 6.13. The molecule has 1 aromatic carbocycles. The number of amides is 1. The molecule has 2 aromatic rings. The van der Waals surface area contributed by atoms with Crippen LogP contribution in [0.3, 0.4) is 0 Å². The Morgan fingerprint density at radius 1 is 1.18 bits per heavy atom. The summed E-state index contributed by atoms with van der Waals surface area (Å²) in [5.41, 5.74) is 2.44. The maximum Gasteiger partial charge on any atom is 0.240 e. The molecule has 1 amide bonds. The lowest BCUT2D eigenvalue weighted by molar-refractivity contribution is -0.118. The van der Waals surface area contributed by atoms with Crippen LogP contribution in [0.5, 0.6) is 0 Å². The van der Waals surface area contributed by atoms with Crippen molar-refractivity contribution in [2.45, 2.75) is 49.0 Å². The van der Waals surface area contributed by atoms with Gasteiger partial charge in [-0.1, -0.05) is 0 Å². The molecular formula is C20H22N2O4S2. The Hall–Kier alpha value is -1.74. The maximum absolute atomic E-state index is 13.0. The first-order chi connectivity index (χ1) is 13.4. The zero-order chi connectivity index (χ0) is 19.5. The zero-order valence-electron chi connectivity index (χ0n) is 15.4. The van der Waals surface area contributed by atoms with E-state index in [1.54, 1.807) is 28.4 Å². The fraction of sp³-hybridized carbons (Fsp3) is 0.450. The predicted octanol–water partition coefficient (Wildman–Crippen LogP) is 2.09. The highest BCUT2D eigenvalue weighted by atomic mass is 32.2. The fourth-order valence-electron chi connectivity index (χ4n) is 4.69. The van der Waals surface area contributed by atoms with Gasteiger partial charge in [0.2, 0.25) is 15.9 Å². The zero-order valence-corrected chi connectivity index (χ0v) is 17.0. The number of fused-ring (bicyclic) bond motifs is 1. The van der Waals surface area contributed by atoms with E-state index in [1.807, 2.05) is 11.4 Å². The van der Waals surface area contributed by atoms with E-state index in [2.05, 4.69) is 4.72 Å². The predicted molar refractivity (Wildman–Crippen MR) is 107 cm³/mol. The van der Waals surface area contributed by atoms with Crippen LogP contribution in [0, 0.1) is 0 Å². The molecule has 1 atom stereocenters. The van der Waals surface area contributed by atoms with Crippen molar-refractivity contribution in [3.05, 3.63) is 45.1 Å². The van der Waals surface area contributed by atoms with Crippen LogP contribution >= 0.6 is 11.3 Å². The first-order valence-corrected chi connectivity index (χ1v) is 12.0. The number of thiophene rings is 1. The molecule has 1 unspecified atom stereocenters. The maximum atomic E-state index is 13.0. The number of benzene rings is 1. The van der Waals surface area contributed by atoms with Crippen LogP contribution in [0.25, 0.3) is 0 Å². The van der Waals surface area contributed by atoms with Gasteiger partial charge in [-0.2, -0.15) is 0 Å². The molecule has 5 rings (SSSR count). The second-order valence-electron chi connectivity index (χ2n) is 7.85. The van der Waals surface area contributed by atoms with Crippen molar-refractivity contribution < 1.29 is 18.3 Å². The van der Waals surface area contributed by atoms with Crippen LogP contribution in [0.1, 0.15) is 40.8 Å². The minimum atomic E-state index is -3.75. The summed E-state index contributed by atoms with van der Waals surface area (Å²) in [5.74, 6) is 0.117.